The van der Waals surface area contributed by atoms with Crippen molar-refractivity contribution in [3.8, 4) is 0 Å². The number of imide groups is 1. The molecule has 6 nitrogen and oxygen atoms in total. The van der Waals surface area contributed by atoms with Gasteiger partial charge in [0.1, 0.15) is 5.54 Å². The van der Waals surface area contributed by atoms with Crippen LogP contribution in [0.4, 0.5) is 4.79 Å². The molecule has 3 aliphatic rings. The highest BCUT2D eigenvalue weighted by atomic mass is 16.2. The van der Waals surface area contributed by atoms with Crippen molar-refractivity contribution < 1.29 is 9.59 Å². The van der Waals surface area contributed by atoms with Crippen LogP contribution < -0.4 is 16.0 Å². The topological polar surface area (TPSA) is 73.5 Å². The number of rotatable bonds is 3. The van der Waals surface area contributed by atoms with E-state index < -0.39 is 5.54 Å². The van der Waals surface area contributed by atoms with Crippen molar-refractivity contribution in [1.29, 1.82) is 0 Å². The first-order valence-corrected chi connectivity index (χ1v) is 8.80. The van der Waals surface area contributed by atoms with Gasteiger partial charge in [-0.25, -0.2) is 4.79 Å². The molecule has 3 N–H and O–H groups in total. The van der Waals surface area contributed by atoms with Crippen LogP contribution >= 0.6 is 0 Å². The molecular weight excluding hydrogens is 304 g/mol. The maximum Gasteiger partial charge on any atom is 0.325 e. The van der Waals surface area contributed by atoms with Gasteiger partial charge in [0.15, 0.2) is 0 Å². The van der Waals surface area contributed by atoms with Crippen LogP contribution in [0.25, 0.3) is 0 Å². The van der Waals surface area contributed by atoms with Crippen molar-refractivity contribution in [3.05, 3.63) is 35.9 Å². The number of carbonyl (C=O) groups excluding carboxylic acids is 2. The highest BCUT2D eigenvalue weighted by Gasteiger charge is 2.53. The van der Waals surface area contributed by atoms with Crippen LogP contribution in [0, 0.1) is 5.92 Å². The van der Waals surface area contributed by atoms with Crippen LogP contribution in [-0.2, 0) is 4.79 Å². The van der Waals surface area contributed by atoms with E-state index in [1.807, 2.05) is 11.0 Å². The summed E-state index contributed by atoms with van der Waals surface area (Å²) in [7, 11) is 0. The number of nitrogens with zero attached hydrogens (tertiary/aromatic N) is 1. The highest BCUT2D eigenvalue weighted by molar-refractivity contribution is 6.07. The zero-order valence-corrected chi connectivity index (χ0v) is 13.8. The Morgan fingerprint density at radius 1 is 1.04 bits per heavy atom. The molecule has 0 unspecified atom stereocenters. The molecule has 1 spiro atoms. The molecule has 3 amide bonds. The molecule has 3 heterocycles. The Morgan fingerprint density at radius 3 is 2.54 bits per heavy atom. The van der Waals surface area contributed by atoms with Crippen molar-refractivity contribution in [2.24, 2.45) is 5.92 Å². The lowest BCUT2D eigenvalue weighted by Crippen LogP contribution is -2.57. The summed E-state index contributed by atoms with van der Waals surface area (Å²) < 4.78 is 0. The highest BCUT2D eigenvalue weighted by Crippen LogP contribution is 2.35. The second kappa shape index (κ2) is 6.18. The SMILES string of the molecule is O=C1NC(=O)C2(CCNCC2)N1C[C@H]1CNC[C@@H]1c1ccccc1. The Bertz CT molecular complexity index is 627. The van der Waals surface area contributed by atoms with Gasteiger partial charge in [0.05, 0.1) is 0 Å². The zero-order chi connectivity index (χ0) is 16.6. The van der Waals surface area contributed by atoms with E-state index in [1.165, 1.54) is 5.56 Å². The monoisotopic (exact) mass is 328 g/mol. The molecule has 3 aliphatic heterocycles. The summed E-state index contributed by atoms with van der Waals surface area (Å²) in [6, 6.07) is 10.2. The lowest BCUT2D eigenvalue weighted by molar-refractivity contribution is -0.128. The summed E-state index contributed by atoms with van der Waals surface area (Å²) in [4.78, 5) is 26.7. The van der Waals surface area contributed by atoms with Gasteiger partial charge in [-0.3, -0.25) is 10.1 Å². The fraction of sp³-hybridized carbons (Fsp3) is 0.556. The van der Waals surface area contributed by atoms with Crippen molar-refractivity contribution in [2.75, 3.05) is 32.7 Å². The number of benzene rings is 1. The van der Waals surface area contributed by atoms with Crippen LogP contribution in [0.5, 0.6) is 0 Å². The Balaban J connectivity index is 1.56. The molecule has 3 saturated heterocycles. The number of hydrogen-bond donors (Lipinski definition) is 3. The molecule has 6 heteroatoms. The van der Waals surface area contributed by atoms with E-state index in [2.05, 4.69) is 40.2 Å². The smallest absolute Gasteiger partial charge is 0.317 e. The fourth-order valence-corrected chi connectivity index (χ4v) is 4.44. The first-order chi connectivity index (χ1) is 11.7. The molecule has 4 rings (SSSR count). The molecule has 0 bridgehead atoms. The molecule has 24 heavy (non-hydrogen) atoms. The molecule has 0 saturated carbocycles. The van der Waals surface area contributed by atoms with Crippen LogP contribution in [0.2, 0.25) is 0 Å². The fourth-order valence-electron chi connectivity index (χ4n) is 4.44. The minimum atomic E-state index is -0.647. The van der Waals surface area contributed by atoms with Gasteiger partial charge in [-0.15, -0.1) is 0 Å². The molecule has 0 aliphatic carbocycles. The molecule has 128 valence electrons. The third-order valence-corrected chi connectivity index (χ3v) is 5.82. The number of amides is 3. The van der Waals surface area contributed by atoms with Crippen molar-refractivity contribution in [1.82, 2.24) is 20.9 Å². The maximum absolute atomic E-state index is 12.5. The second-order valence-electron chi connectivity index (χ2n) is 7.09. The van der Waals surface area contributed by atoms with Gasteiger partial charge in [-0.1, -0.05) is 30.3 Å². The van der Waals surface area contributed by atoms with Gasteiger partial charge >= 0.3 is 6.03 Å². The summed E-state index contributed by atoms with van der Waals surface area (Å²) in [5.41, 5.74) is 0.657. The largest absolute Gasteiger partial charge is 0.325 e. The third kappa shape index (κ3) is 2.50. The van der Waals surface area contributed by atoms with Crippen molar-refractivity contribution in [3.63, 3.8) is 0 Å². The maximum atomic E-state index is 12.5. The number of piperidine rings is 1. The molecular formula is C18H24N4O2. The van der Waals surface area contributed by atoms with Gasteiger partial charge in [-0.05, 0) is 37.4 Å². The van der Waals surface area contributed by atoms with Gasteiger partial charge in [-0.2, -0.15) is 0 Å². The number of nitrogens with one attached hydrogen (secondary N) is 3. The van der Waals surface area contributed by atoms with Gasteiger partial charge in [0.2, 0.25) is 0 Å². The lowest BCUT2D eigenvalue weighted by atomic mass is 9.84. The third-order valence-electron chi connectivity index (χ3n) is 5.82. The van der Waals surface area contributed by atoms with Crippen LogP contribution in [-0.4, -0.2) is 55.1 Å². The van der Waals surface area contributed by atoms with E-state index in [-0.39, 0.29) is 11.9 Å². The van der Waals surface area contributed by atoms with Gasteiger partial charge in [0, 0.05) is 25.6 Å². The molecule has 0 aromatic heterocycles. The van der Waals surface area contributed by atoms with Gasteiger partial charge < -0.3 is 15.5 Å². The van der Waals surface area contributed by atoms with Crippen molar-refractivity contribution >= 4 is 11.9 Å². The molecule has 2 atom stereocenters. The Hall–Kier alpha value is -1.92. The van der Waals surface area contributed by atoms with E-state index in [0.717, 1.165) is 26.2 Å². The zero-order valence-electron chi connectivity index (χ0n) is 13.8. The number of carbonyl (C=O) groups is 2. The predicted octanol–water partition coefficient (Wildman–Crippen LogP) is 0.664. The average molecular weight is 328 g/mol. The normalized spacial score (nSPS) is 29.2. The summed E-state index contributed by atoms with van der Waals surface area (Å²) >= 11 is 0. The Morgan fingerprint density at radius 2 is 1.79 bits per heavy atom. The minimum absolute atomic E-state index is 0.115. The summed E-state index contributed by atoms with van der Waals surface area (Å²) in [5.74, 6) is 0.598. The molecule has 1 aromatic carbocycles. The lowest BCUT2D eigenvalue weighted by Gasteiger charge is -2.40. The molecule has 0 radical (unpaired) electrons. The Labute approximate surface area is 142 Å². The second-order valence-corrected chi connectivity index (χ2v) is 7.09. The summed E-state index contributed by atoms with van der Waals surface area (Å²) in [6.45, 7) is 3.99. The first kappa shape index (κ1) is 15.6. The summed E-state index contributed by atoms with van der Waals surface area (Å²) in [6.07, 6.45) is 1.39. The van der Waals surface area contributed by atoms with E-state index >= 15 is 0 Å². The van der Waals surface area contributed by atoms with Crippen LogP contribution in [0.15, 0.2) is 30.3 Å². The molecule has 1 aromatic rings. The minimum Gasteiger partial charge on any atom is -0.317 e. The number of urea groups is 1. The van der Waals surface area contributed by atoms with E-state index in [9.17, 15) is 9.59 Å². The van der Waals surface area contributed by atoms with Crippen LogP contribution in [0.3, 0.4) is 0 Å². The van der Waals surface area contributed by atoms with E-state index in [1.54, 1.807) is 0 Å². The predicted molar refractivity (Wildman–Crippen MR) is 90.6 cm³/mol. The van der Waals surface area contributed by atoms with E-state index in [0.29, 0.717) is 31.2 Å². The first-order valence-electron chi connectivity index (χ1n) is 8.80. The molecule has 3 fully saturated rings. The van der Waals surface area contributed by atoms with Crippen molar-refractivity contribution in [2.45, 2.75) is 24.3 Å². The standard InChI is InChI=1S/C18H24N4O2/c23-16-18(6-8-19-9-7-18)22(17(24)21-16)12-14-10-20-11-15(14)13-4-2-1-3-5-13/h1-5,14-15,19-20H,6-12H2,(H,21,23,24)/t14-,15-/m1/s1. The van der Waals surface area contributed by atoms with E-state index in [4.69, 9.17) is 0 Å². The average Bonchev–Trinajstić information content (AvgIpc) is 3.16. The van der Waals surface area contributed by atoms with Gasteiger partial charge in [0.25, 0.3) is 5.91 Å². The Kier molecular flexibility index (Phi) is 4.02. The quantitative estimate of drug-likeness (QED) is 0.713. The van der Waals surface area contributed by atoms with Crippen LogP contribution in [0.1, 0.15) is 24.3 Å². The summed E-state index contributed by atoms with van der Waals surface area (Å²) in [5, 5.41) is 9.30. The number of hydrogen-bond acceptors (Lipinski definition) is 4.